The van der Waals surface area contributed by atoms with Crippen molar-refractivity contribution in [2.24, 2.45) is 17.3 Å². The molecule has 0 spiro atoms. The van der Waals surface area contributed by atoms with E-state index >= 15 is 0 Å². The van der Waals surface area contributed by atoms with Crippen LogP contribution in [0.2, 0.25) is 0 Å². The number of hydrogen-bond donors (Lipinski definition) is 0. The van der Waals surface area contributed by atoms with Gasteiger partial charge in [-0.3, -0.25) is 0 Å². The summed E-state index contributed by atoms with van der Waals surface area (Å²) in [6.07, 6.45) is 19.6. The molecule has 3 unspecified atom stereocenters. The molecule has 0 bridgehead atoms. The van der Waals surface area contributed by atoms with E-state index < -0.39 is 0 Å². The van der Waals surface area contributed by atoms with Crippen LogP contribution in [0.15, 0.2) is 30.3 Å². The zero-order chi connectivity index (χ0) is 23.8. The molecule has 0 aliphatic heterocycles. The molecule has 0 heterocycles. The minimum atomic E-state index is 0.170. The lowest BCUT2D eigenvalue weighted by Gasteiger charge is -2.26. The summed E-state index contributed by atoms with van der Waals surface area (Å²) in [6.45, 7) is 11.4. The molecule has 0 radical (unpaired) electrons. The van der Waals surface area contributed by atoms with Crippen molar-refractivity contribution in [2.45, 2.75) is 130 Å². The molecule has 190 valence electrons. The standard InChI is InChI=1S/C31H54O2/c1-5-6-7-8-9-15-20-28-23-29(28)21-16-10-11-17-22-32-26-30(24-31(2,3)4)33-25-27-18-13-12-14-19-27/h12-14,18-19,28-30H,5-11,15-17,20-26H2,1-4H3. The SMILES string of the molecule is CCCCCCCCC1CC1CCCCCCOCC(CC(C)(C)C)OCc1ccccc1. The Bertz CT molecular complexity index is 576. The van der Waals surface area contributed by atoms with Crippen molar-refractivity contribution in [1.82, 2.24) is 0 Å². The summed E-state index contributed by atoms with van der Waals surface area (Å²) in [5.41, 5.74) is 1.49. The predicted octanol–water partition coefficient (Wildman–Crippen LogP) is 9.36. The van der Waals surface area contributed by atoms with Crippen LogP contribution < -0.4 is 0 Å². The number of unbranched alkanes of at least 4 members (excludes halogenated alkanes) is 8. The molecule has 1 aromatic rings. The van der Waals surface area contributed by atoms with Crippen molar-refractivity contribution in [3.05, 3.63) is 35.9 Å². The summed E-state index contributed by atoms with van der Waals surface area (Å²) < 4.78 is 12.3. The smallest absolute Gasteiger partial charge is 0.0818 e. The fraction of sp³-hybridized carbons (Fsp3) is 0.806. The van der Waals surface area contributed by atoms with Crippen molar-refractivity contribution in [2.75, 3.05) is 13.2 Å². The molecule has 0 amide bonds. The van der Waals surface area contributed by atoms with Crippen LogP contribution in [0, 0.1) is 17.3 Å². The Morgan fingerprint density at radius 1 is 0.818 bits per heavy atom. The summed E-state index contributed by atoms with van der Waals surface area (Å²) >= 11 is 0. The van der Waals surface area contributed by atoms with Gasteiger partial charge in [-0.1, -0.05) is 129 Å². The Hall–Kier alpha value is -0.860. The van der Waals surface area contributed by atoms with E-state index in [1.807, 2.05) is 0 Å². The van der Waals surface area contributed by atoms with Crippen LogP contribution in [0.25, 0.3) is 0 Å². The summed E-state index contributed by atoms with van der Waals surface area (Å²) in [5, 5.41) is 0. The highest BCUT2D eigenvalue weighted by Crippen LogP contribution is 2.45. The summed E-state index contributed by atoms with van der Waals surface area (Å²) in [4.78, 5) is 0. The fourth-order valence-corrected chi connectivity index (χ4v) is 5.02. The van der Waals surface area contributed by atoms with Crippen LogP contribution >= 0.6 is 0 Å². The maximum absolute atomic E-state index is 6.22. The maximum atomic E-state index is 6.22. The van der Waals surface area contributed by atoms with E-state index in [0.29, 0.717) is 13.2 Å². The van der Waals surface area contributed by atoms with Crippen LogP contribution in [-0.2, 0) is 16.1 Å². The van der Waals surface area contributed by atoms with E-state index in [4.69, 9.17) is 9.47 Å². The summed E-state index contributed by atoms with van der Waals surface area (Å²) in [7, 11) is 0. The Kier molecular flexibility index (Phi) is 14.4. The first-order valence-electron chi connectivity index (χ1n) is 14.2. The quantitative estimate of drug-likeness (QED) is 0.181. The van der Waals surface area contributed by atoms with Gasteiger partial charge in [0.05, 0.1) is 19.3 Å². The van der Waals surface area contributed by atoms with Crippen molar-refractivity contribution in [1.29, 1.82) is 0 Å². The largest absolute Gasteiger partial charge is 0.379 e. The zero-order valence-electron chi connectivity index (χ0n) is 22.5. The van der Waals surface area contributed by atoms with E-state index in [9.17, 15) is 0 Å². The first-order valence-corrected chi connectivity index (χ1v) is 14.2. The third-order valence-electron chi connectivity index (χ3n) is 7.08. The summed E-state index contributed by atoms with van der Waals surface area (Å²) in [5.74, 6) is 2.15. The van der Waals surface area contributed by atoms with Crippen molar-refractivity contribution >= 4 is 0 Å². The highest BCUT2D eigenvalue weighted by molar-refractivity contribution is 5.13. The molecule has 2 rings (SSSR count). The zero-order valence-corrected chi connectivity index (χ0v) is 22.5. The van der Waals surface area contributed by atoms with Gasteiger partial charge in [-0.2, -0.15) is 0 Å². The average Bonchev–Trinajstić information content (AvgIpc) is 3.54. The molecule has 1 aliphatic carbocycles. The van der Waals surface area contributed by atoms with E-state index in [0.717, 1.165) is 24.9 Å². The van der Waals surface area contributed by atoms with Crippen molar-refractivity contribution < 1.29 is 9.47 Å². The minimum Gasteiger partial charge on any atom is -0.379 e. The molecule has 1 fully saturated rings. The van der Waals surface area contributed by atoms with Crippen LogP contribution in [0.5, 0.6) is 0 Å². The second kappa shape index (κ2) is 16.7. The van der Waals surface area contributed by atoms with Crippen LogP contribution in [0.4, 0.5) is 0 Å². The van der Waals surface area contributed by atoms with E-state index in [-0.39, 0.29) is 11.5 Å². The average molecular weight is 459 g/mol. The first-order chi connectivity index (χ1) is 16.0. The van der Waals surface area contributed by atoms with Gasteiger partial charge >= 0.3 is 0 Å². The van der Waals surface area contributed by atoms with Gasteiger partial charge in [0.25, 0.3) is 0 Å². The van der Waals surface area contributed by atoms with Gasteiger partial charge in [-0.15, -0.1) is 0 Å². The minimum absolute atomic E-state index is 0.170. The number of rotatable bonds is 20. The second-order valence-electron chi connectivity index (χ2n) is 11.8. The molecule has 0 saturated heterocycles. The van der Waals surface area contributed by atoms with E-state index in [2.05, 4.69) is 58.0 Å². The Morgan fingerprint density at radius 3 is 2.06 bits per heavy atom. The molecule has 1 aromatic carbocycles. The normalized spacial score (nSPS) is 19.0. The van der Waals surface area contributed by atoms with Crippen molar-refractivity contribution in [3.63, 3.8) is 0 Å². The Morgan fingerprint density at radius 2 is 1.42 bits per heavy atom. The molecule has 0 N–H and O–H groups in total. The molecule has 2 heteroatoms. The molecule has 1 saturated carbocycles. The van der Waals surface area contributed by atoms with Gasteiger partial charge in [0.2, 0.25) is 0 Å². The van der Waals surface area contributed by atoms with Gasteiger partial charge in [-0.05, 0) is 42.1 Å². The molecular weight excluding hydrogens is 404 g/mol. The van der Waals surface area contributed by atoms with Gasteiger partial charge in [-0.25, -0.2) is 0 Å². The van der Waals surface area contributed by atoms with Gasteiger partial charge in [0.15, 0.2) is 0 Å². The lowest BCUT2D eigenvalue weighted by atomic mass is 9.89. The number of ether oxygens (including phenoxy) is 2. The first kappa shape index (κ1) is 28.4. The molecule has 0 aromatic heterocycles. The molecular formula is C31H54O2. The van der Waals surface area contributed by atoms with Crippen LogP contribution in [0.3, 0.4) is 0 Å². The van der Waals surface area contributed by atoms with Crippen LogP contribution in [-0.4, -0.2) is 19.3 Å². The van der Waals surface area contributed by atoms with Gasteiger partial charge in [0, 0.05) is 6.61 Å². The lowest BCUT2D eigenvalue weighted by Crippen LogP contribution is -2.26. The monoisotopic (exact) mass is 458 g/mol. The lowest BCUT2D eigenvalue weighted by molar-refractivity contribution is -0.0430. The third-order valence-corrected chi connectivity index (χ3v) is 7.08. The van der Waals surface area contributed by atoms with Crippen LogP contribution in [0.1, 0.15) is 123 Å². The van der Waals surface area contributed by atoms with E-state index in [1.165, 1.54) is 89.0 Å². The highest BCUT2D eigenvalue weighted by atomic mass is 16.5. The molecule has 2 nitrogen and oxygen atoms in total. The third kappa shape index (κ3) is 14.9. The predicted molar refractivity (Wildman–Crippen MR) is 143 cm³/mol. The fourth-order valence-electron chi connectivity index (χ4n) is 5.02. The van der Waals surface area contributed by atoms with Gasteiger partial charge < -0.3 is 9.47 Å². The highest BCUT2D eigenvalue weighted by Gasteiger charge is 2.35. The van der Waals surface area contributed by atoms with Gasteiger partial charge in [0.1, 0.15) is 0 Å². The van der Waals surface area contributed by atoms with E-state index in [1.54, 1.807) is 0 Å². The Balaban J connectivity index is 1.44. The van der Waals surface area contributed by atoms with Crippen molar-refractivity contribution in [3.8, 4) is 0 Å². The molecule has 3 atom stereocenters. The molecule has 1 aliphatic rings. The Labute approximate surface area is 206 Å². The molecule has 33 heavy (non-hydrogen) atoms. The number of benzene rings is 1. The second-order valence-corrected chi connectivity index (χ2v) is 11.8. The number of hydrogen-bond acceptors (Lipinski definition) is 2. The maximum Gasteiger partial charge on any atom is 0.0818 e. The summed E-state index contributed by atoms with van der Waals surface area (Å²) in [6, 6.07) is 10.5. The topological polar surface area (TPSA) is 18.5 Å².